The molecule has 0 bridgehead atoms. The first-order chi connectivity index (χ1) is 13.6. The molecular formula is C21H33ClN2O4S. The molecule has 1 N–H and O–H groups in total. The van der Waals surface area contributed by atoms with Crippen molar-refractivity contribution in [2.45, 2.75) is 76.7 Å². The molecule has 6 nitrogen and oxygen atoms in total. The van der Waals surface area contributed by atoms with Gasteiger partial charge in [-0.25, -0.2) is 17.9 Å². The maximum absolute atomic E-state index is 12.3. The number of rotatable bonds is 9. The zero-order valence-corrected chi connectivity index (χ0v) is 19.2. The zero-order chi connectivity index (χ0) is 21.5. The molecule has 1 heterocycles. The number of hydrogen-bond acceptors (Lipinski definition) is 4. The fourth-order valence-electron chi connectivity index (χ4n) is 3.46. The Morgan fingerprint density at radius 3 is 2.55 bits per heavy atom. The second-order valence-electron chi connectivity index (χ2n) is 8.60. The largest absolute Gasteiger partial charge is 0.444 e. The van der Waals surface area contributed by atoms with E-state index in [0.29, 0.717) is 17.1 Å². The summed E-state index contributed by atoms with van der Waals surface area (Å²) in [5.41, 5.74) is 0.235. The zero-order valence-electron chi connectivity index (χ0n) is 17.6. The number of amides is 1. The molecule has 1 fully saturated rings. The van der Waals surface area contributed by atoms with Gasteiger partial charge in [0.2, 0.25) is 10.0 Å². The van der Waals surface area contributed by atoms with Crippen LogP contribution in [0.1, 0.15) is 64.9 Å². The molecule has 1 atom stereocenters. The van der Waals surface area contributed by atoms with Crippen LogP contribution >= 0.6 is 11.6 Å². The average molecular weight is 445 g/mol. The normalized spacial score (nSPS) is 17.5. The molecule has 1 amide bonds. The second kappa shape index (κ2) is 10.6. The quantitative estimate of drug-likeness (QED) is 0.559. The number of hydrogen-bond donors (Lipinski definition) is 1. The summed E-state index contributed by atoms with van der Waals surface area (Å²) in [6, 6.07) is 7.05. The summed E-state index contributed by atoms with van der Waals surface area (Å²) < 4.78 is 32.5. The Labute approximate surface area is 180 Å². The fraction of sp³-hybridized carbons (Fsp3) is 0.667. The number of ether oxygens (including phenoxy) is 1. The third-order valence-corrected chi connectivity index (χ3v) is 6.42. The van der Waals surface area contributed by atoms with Crippen LogP contribution in [0, 0.1) is 0 Å². The van der Waals surface area contributed by atoms with Crippen molar-refractivity contribution >= 4 is 27.7 Å². The second-order valence-corrected chi connectivity index (χ2v) is 10.8. The Balaban J connectivity index is 1.65. The molecule has 8 heteroatoms. The number of benzene rings is 1. The number of carbonyl (C=O) groups excluding carboxylic acids is 1. The van der Waals surface area contributed by atoms with Crippen LogP contribution in [0.4, 0.5) is 4.79 Å². The topological polar surface area (TPSA) is 75.7 Å². The summed E-state index contributed by atoms with van der Waals surface area (Å²) >= 11 is 5.82. The number of unbranched alkanes of at least 4 members (excludes halogenated alkanes) is 2. The molecular weight excluding hydrogens is 412 g/mol. The van der Waals surface area contributed by atoms with Gasteiger partial charge in [-0.1, -0.05) is 36.6 Å². The number of nitrogens with one attached hydrogen (secondary N) is 1. The molecule has 164 valence electrons. The third kappa shape index (κ3) is 8.93. The van der Waals surface area contributed by atoms with Crippen LogP contribution in [0.25, 0.3) is 0 Å². The molecule has 1 saturated heterocycles. The van der Waals surface area contributed by atoms with Crippen LogP contribution in [-0.4, -0.2) is 44.1 Å². The van der Waals surface area contributed by atoms with Crippen LogP contribution in [0.15, 0.2) is 24.3 Å². The van der Waals surface area contributed by atoms with E-state index < -0.39 is 15.6 Å². The van der Waals surface area contributed by atoms with E-state index in [9.17, 15) is 13.2 Å². The van der Waals surface area contributed by atoms with Gasteiger partial charge in [0, 0.05) is 24.2 Å². The first kappa shape index (κ1) is 24.0. The highest BCUT2D eigenvalue weighted by Gasteiger charge is 2.31. The Kier molecular flexibility index (Phi) is 8.79. The van der Waals surface area contributed by atoms with Crippen molar-refractivity contribution in [1.29, 1.82) is 0 Å². The maximum atomic E-state index is 12.3. The Bertz CT molecular complexity index is 760. The first-order valence-corrected chi connectivity index (χ1v) is 12.3. The van der Waals surface area contributed by atoms with Crippen LogP contribution < -0.4 is 4.72 Å². The predicted octanol–water partition coefficient (Wildman–Crippen LogP) is 4.72. The van der Waals surface area contributed by atoms with E-state index in [1.54, 1.807) is 24.3 Å². The standard InChI is InChI=1S/C21H33ClN2O4S/c1-21(2,3)28-20(25)24-15-7-9-19(24)8-5-4-6-14-23-29(26,27)16-17-10-12-18(22)13-11-17/h10-13,19,23H,4-9,14-16H2,1-3H3/t19-/m0/s1. The van der Waals surface area contributed by atoms with Gasteiger partial charge in [0.05, 0.1) is 5.75 Å². The average Bonchev–Trinajstić information content (AvgIpc) is 3.07. The lowest BCUT2D eigenvalue weighted by Gasteiger charge is -2.28. The third-order valence-electron chi connectivity index (χ3n) is 4.81. The van der Waals surface area contributed by atoms with Crippen LogP contribution in [0.3, 0.4) is 0 Å². The minimum absolute atomic E-state index is 0.0446. The van der Waals surface area contributed by atoms with Gasteiger partial charge < -0.3 is 9.64 Å². The lowest BCUT2D eigenvalue weighted by Crippen LogP contribution is -2.39. The SMILES string of the molecule is CC(C)(C)OC(=O)N1CCC[C@@H]1CCCCCNS(=O)(=O)Cc1ccc(Cl)cc1. The van der Waals surface area contributed by atoms with Crippen LogP contribution in [0.2, 0.25) is 5.02 Å². The molecule has 0 spiro atoms. The molecule has 1 aliphatic rings. The van der Waals surface area contributed by atoms with Gasteiger partial charge >= 0.3 is 6.09 Å². The molecule has 0 unspecified atom stereocenters. The molecule has 1 aromatic carbocycles. The van der Waals surface area contributed by atoms with Gasteiger partial charge in [0.15, 0.2) is 0 Å². The minimum Gasteiger partial charge on any atom is -0.444 e. The smallest absolute Gasteiger partial charge is 0.410 e. The number of likely N-dealkylation sites (tertiary alicyclic amines) is 1. The maximum Gasteiger partial charge on any atom is 0.410 e. The van der Waals surface area contributed by atoms with E-state index >= 15 is 0 Å². The summed E-state index contributed by atoms with van der Waals surface area (Å²) in [7, 11) is -3.35. The van der Waals surface area contributed by atoms with E-state index in [4.69, 9.17) is 16.3 Å². The summed E-state index contributed by atoms with van der Waals surface area (Å²) in [4.78, 5) is 14.2. The van der Waals surface area contributed by atoms with Gasteiger partial charge in [0.1, 0.15) is 5.60 Å². The van der Waals surface area contributed by atoms with Crippen molar-refractivity contribution in [3.63, 3.8) is 0 Å². The van der Waals surface area contributed by atoms with Crippen molar-refractivity contribution in [3.8, 4) is 0 Å². The van der Waals surface area contributed by atoms with E-state index in [1.165, 1.54) is 0 Å². The number of carbonyl (C=O) groups is 1. The minimum atomic E-state index is -3.35. The molecule has 0 aromatic heterocycles. The number of sulfonamides is 1. The summed E-state index contributed by atoms with van der Waals surface area (Å²) in [5.74, 6) is -0.0446. The van der Waals surface area contributed by atoms with Crippen molar-refractivity contribution in [2.75, 3.05) is 13.1 Å². The lowest BCUT2D eigenvalue weighted by molar-refractivity contribution is 0.0218. The van der Waals surface area contributed by atoms with E-state index in [2.05, 4.69) is 4.72 Å². The fourth-order valence-corrected chi connectivity index (χ4v) is 4.77. The highest BCUT2D eigenvalue weighted by Crippen LogP contribution is 2.24. The molecule has 2 rings (SSSR count). The molecule has 0 aliphatic carbocycles. The monoisotopic (exact) mass is 444 g/mol. The molecule has 1 aliphatic heterocycles. The summed E-state index contributed by atoms with van der Waals surface area (Å²) in [6.07, 6.45) is 5.37. The van der Waals surface area contributed by atoms with Crippen LogP contribution in [0.5, 0.6) is 0 Å². The number of halogens is 1. The first-order valence-electron chi connectivity index (χ1n) is 10.3. The van der Waals surface area contributed by atoms with Crippen molar-refractivity contribution in [3.05, 3.63) is 34.9 Å². The highest BCUT2D eigenvalue weighted by atomic mass is 35.5. The highest BCUT2D eigenvalue weighted by molar-refractivity contribution is 7.88. The van der Waals surface area contributed by atoms with E-state index in [-0.39, 0.29) is 17.9 Å². The van der Waals surface area contributed by atoms with E-state index in [0.717, 1.165) is 45.1 Å². The molecule has 1 aromatic rings. The van der Waals surface area contributed by atoms with Crippen molar-refractivity contribution in [2.24, 2.45) is 0 Å². The lowest BCUT2D eigenvalue weighted by atomic mass is 10.1. The Morgan fingerprint density at radius 1 is 1.21 bits per heavy atom. The molecule has 0 saturated carbocycles. The van der Waals surface area contributed by atoms with Crippen LogP contribution in [-0.2, 0) is 20.5 Å². The Morgan fingerprint density at radius 2 is 1.90 bits per heavy atom. The summed E-state index contributed by atoms with van der Waals surface area (Å²) in [5, 5.41) is 0.589. The Hall–Kier alpha value is -1.31. The van der Waals surface area contributed by atoms with Crippen molar-refractivity contribution in [1.82, 2.24) is 9.62 Å². The van der Waals surface area contributed by atoms with Gasteiger partial charge in [-0.05, 0) is 64.2 Å². The predicted molar refractivity (Wildman–Crippen MR) is 117 cm³/mol. The molecule has 0 radical (unpaired) electrons. The summed E-state index contributed by atoms with van der Waals surface area (Å²) in [6.45, 7) is 6.82. The molecule has 29 heavy (non-hydrogen) atoms. The number of nitrogens with zero attached hydrogens (tertiary/aromatic N) is 1. The van der Waals surface area contributed by atoms with Crippen molar-refractivity contribution < 1.29 is 17.9 Å². The van der Waals surface area contributed by atoms with Gasteiger partial charge in [-0.2, -0.15) is 0 Å². The van der Waals surface area contributed by atoms with Gasteiger partial charge in [-0.15, -0.1) is 0 Å². The van der Waals surface area contributed by atoms with E-state index in [1.807, 2.05) is 25.7 Å². The van der Waals surface area contributed by atoms with Gasteiger partial charge in [-0.3, -0.25) is 0 Å². The van der Waals surface area contributed by atoms with Gasteiger partial charge in [0.25, 0.3) is 0 Å².